The monoisotopic (exact) mass is 583 g/mol. The average molecular weight is 584 g/mol. The lowest BCUT2D eigenvalue weighted by atomic mass is 9.97. The third kappa shape index (κ3) is 8.49. The van der Waals surface area contributed by atoms with Crippen molar-refractivity contribution in [1.82, 2.24) is 25.8 Å². The van der Waals surface area contributed by atoms with Gasteiger partial charge in [0.25, 0.3) is 0 Å². The van der Waals surface area contributed by atoms with Gasteiger partial charge in [-0.25, -0.2) is 9.59 Å². The van der Waals surface area contributed by atoms with E-state index in [0.29, 0.717) is 19.3 Å². The van der Waals surface area contributed by atoms with E-state index < -0.39 is 35.9 Å². The number of unbranched alkanes of at least 4 members (excludes halogenated alkanes) is 1. The fraction of sp³-hybridized carbons (Fsp3) is 0.625. The minimum absolute atomic E-state index is 0.0657. The summed E-state index contributed by atoms with van der Waals surface area (Å²) in [5.41, 5.74) is 2.65. The van der Waals surface area contributed by atoms with E-state index in [2.05, 4.69) is 20.9 Å². The Kier molecular flexibility index (Phi) is 11.8. The van der Waals surface area contributed by atoms with Gasteiger partial charge < -0.3 is 30.9 Å². The van der Waals surface area contributed by atoms with Gasteiger partial charge >= 0.3 is 12.0 Å². The predicted octanol–water partition coefficient (Wildman–Crippen LogP) is 4.65. The number of aliphatic carboxylic acids is 1. The van der Waals surface area contributed by atoms with Crippen LogP contribution in [0.5, 0.6) is 0 Å². The van der Waals surface area contributed by atoms with Crippen LogP contribution in [0.4, 0.5) is 4.79 Å². The summed E-state index contributed by atoms with van der Waals surface area (Å²) in [6, 6.07) is 4.62. The van der Waals surface area contributed by atoms with E-state index in [9.17, 15) is 24.3 Å². The Morgan fingerprint density at radius 3 is 2.21 bits per heavy atom. The van der Waals surface area contributed by atoms with Gasteiger partial charge in [-0.15, -0.1) is 0 Å². The number of hydrogen-bond acceptors (Lipinski definition) is 4. The number of fused-ring (bicyclic) bond motifs is 1. The summed E-state index contributed by atoms with van der Waals surface area (Å²) >= 11 is 0. The van der Waals surface area contributed by atoms with Crippen LogP contribution in [0.3, 0.4) is 0 Å². The van der Waals surface area contributed by atoms with Crippen molar-refractivity contribution < 1.29 is 24.3 Å². The number of nitrogens with zero attached hydrogens (tertiary/aromatic N) is 1. The maximum Gasteiger partial charge on any atom is 0.326 e. The van der Waals surface area contributed by atoms with Gasteiger partial charge in [-0.2, -0.15) is 0 Å². The zero-order chi connectivity index (χ0) is 31.0. The van der Waals surface area contributed by atoms with E-state index in [1.807, 2.05) is 70.7 Å². The Hall–Kier alpha value is -3.56. The fourth-order valence-corrected chi connectivity index (χ4v) is 5.97. The molecule has 0 bridgehead atoms. The first-order valence-corrected chi connectivity index (χ1v) is 15.4. The van der Waals surface area contributed by atoms with Crippen molar-refractivity contribution in [2.45, 2.75) is 123 Å². The topological polar surface area (TPSA) is 144 Å². The maximum absolute atomic E-state index is 13.8. The summed E-state index contributed by atoms with van der Waals surface area (Å²) in [5, 5.41) is 19.2. The number of carboxylic acid groups (broad SMARTS) is 1. The molecule has 3 rings (SSSR count). The zero-order valence-electron chi connectivity index (χ0n) is 26.0. The fourth-order valence-electron chi connectivity index (χ4n) is 5.97. The smallest absolute Gasteiger partial charge is 0.326 e. The van der Waals surface area contributed by atoms with Gasteiger partial charge in [-0.1, -0.05) is 51.8 Å². The molecule has 1 saturated heterocycles. The first-order chi connectivity index (χ1) is 19.9. The average Bonchev–Trinajstić information content (AvgIpc) is 3.24. The Morgan fingerprint density at radius 2 is 1.60 bits per heavy atom. The zero-order valence-corrected chi connectivity index (χ0v) is 26.0. The molecule has 1 aromatic carbocycles. The molecule has 0 saturated carbocycles. The molecule has 5 atom stereocenters. The van der Waals surface area contributed by atoms with Crippen molar-refractivity contribution in [2.75, 3.05) is 0 Å². The lowest BCUT2D eigenvalue weighted by Gasteiger charge is -2.39. The molecule has 0 spiro atoms. The number of para-hydroxylation sites is 1. The molecule has 1 aromatic heterocycles. The predicted molar refractivity (Wildman–Crippen MR) is 164 cm³/mol. The molecule has 10 nitrogen and oxygen atoms in total. The van der Waals surface area contributed by atoms with Gasteiger partial charge in [-0.05, 0) is 70.4 Å². The van der Waals surface area contributed by atoms with Crippen LogP contribution in [-0.2, 0) is 20.8 Å². The molecule has 10 heteroatoms. The normalized spacial score (nSPS) is 19.3. The largest absolute Gasteiger partial charge is 0.480 e. The van der Waals surface area contributed by atoms with E-state index >= 15 is 0 Å². The molecule has 5 N–H and O–H groups in total. The molecule has 1 aliphatic rings. The summed E-state index contributed by atoms with van der Waals surface area (Å²) < 4.78 is 0. The van der Waals surface area contributed by atoms with Crippen LogP contribution in [0.25, 0.3) is 10.9 Å². The highest BCUT2D eigenvalue weighted by atomic mass is 16.4. The Morgan fingerprint density at radius 1 is 0.976 bits per heavy atom. The minimum Gasteiger partial charge on any atom is -0.480 e. The second-order valence-corrected chi connectivity index (χ2v) is 12.2. The van der Waals surface area contributed by atoms with Crippen molar-refractivity contribution in [2.24, 2.45) is 5.92 Å². The molecule has 2 unspecified atom stereocenters. The number of nitrogens with one attached hydrogen (secondary N) is 4. The molecular weight excluding hydrogens is 534 g/mol. The minimum atomic E-state index is -1.11. The van der Waals surface area contributed by atoms with Crippen LogP contribution in [0.2, 0.25) is 0 Å². The first kappa shape index (κ1) is 32.9. The quantitative estimate of drug-likeness (QED) is 0.233. The third-order valence-corrected chi connectivity index (χ3v) is 8.28. The summed E-state index contributed by atoms with van der Waals surface area (Å²) in [7, 11) is 0. The van der Waals surface area contributed by atoms with E-state index in [1.54, 1.807) is 0 Å². The summed E-state index contributed by atoms with van der Waals surface area (Å²) in [5.74, 6) is -2.04. The van der Waals surface area contributed by atoms with Gasteiger partial charge in [0.15, 0.2) is 0 Å². The molecule has 0 radical (unpaired) electrons. The van der Waals surface area contributed by atoms with Crippen LogP contribution in [0.15, 0.2) is 24.3 Å². The molecule has 1 aliphatic heterocycles. The maximum atomic E-state index is 13.8. The number of amides is 4. The molecule has 4 amide bonds. The number of rotatable bonds is 13. The van der Waals surface area contributed by atoms with Gasteiger partial charge in [0.05, 0.1) is 0 Å². The highest BCUT2D eigenvalue weighted by Gasteiger charge is 2.34. The van der Waals surface area contributed by atoms with Gasteiger partial charge in [0.2, 0.25) is 11.8 Å². The molecule has 1 fully saturated rings. The number of aromatic amines is 1. The number of hydrogen-bond donors (Lipinski definition) is 5. The number of benzene rings is 1. The first-order valence-electron chi connectivity index (χ1n) is 15.4. The van der Waals surface area contributed by atoms with Crippen LogP contribution in [0, 0.1) is 12.8 Å². The van der Waals surface area contributed by atoms with Crippen molar-refractivity contribution in [3.63, 3.8) is 0 Å². The molecule has 42 heavy (non-hydrogen) atoms. The van der Waals surface area contributed by atoms with E-state index in [0.717, 1.165) is 47.8 Å². The van der Waals surface area contributed by atoms with E-state index in [4.69, 9.17) is 0 Å². The number of carboxylic acids is 1. The highest BCUT2D eigenvalue weighted by Crippen LogP contribution is 2.24. The Labute approximate surface area is 249 Å². The van der Waals surface area contributed by atoms with Crippen LogP contribution in [-0.4, -0.2) is 69.0 Å². The molecule has 0 aliphatic carbocycles. The third-order valence-electron chi connectivity index (χ3n) is 8.28. The van der Waals surface area contributed by atoms with Gasteiger partial charge in [0, 0.05) is 35.1 Å². The molecule has 2 heterocycles. The molecule has 232 valence electrons. The SMILES string of the molecule is CCCCC(NC(=O)[C@@H](Cc1c(C)[nH]c2ccccc12)NC(=O)C(CC(C)C)NC(=O)N1[C@H](C)CCC[C@@H]1C)C(=O)O. The summed E-state index contributed by atoms with van der Waals surface area (Å²) in [4.78, 5) is 57.9. The molecular formula is C32H49N5O5. The number of carbonyl (C=O) groups is 4. The van der Waals surface area contributed by atoms with Crippen molar-refractivity contribution >= 4 is 34.7 Å². The van der Waals surface area contributed by atoms with Crippen LogP contribution < -0.4 is 16.0 Å². The number of aromatic nitrogens is 1. The lowest BCUT2D eigenvalue weighted by molar-refractivity contribution is -0.142. The number of likely N-dealkylation sites (tertiary alicyclic amines) is 1. The second-order valence-electron chi connectivity index (χ2n) is 12.2. The Balaban J connectivity index is 1.88. The number of carbonyl (C=O) groups excluding carboxylic acids is 3. The molecule has 2 aromatic rings. The highest BCUT2D eigenvalue weighted by molar-refractivity contribution is 5.94. The van der Waals surface area contributed by atoms with Crippen molar-refractivity contribution in [3.8, 4) is 0 Å². The Bertz CT molecular complexity index is 1230. The van der Waals surface area contributed by atoms with Crippen LogP contribution in [0.1, 0.15) is 90.8 Å². The van der Waals surface area contributed by atoms with Gasteiger partial charge in [-0.3, -0.25) is 9.59 Å². The van der Waals surface area contributed by atoms with Crippen molar-refractivity contribution in [3.05, 3.63) is 35.5 Å². The number of piperidine rings is 1. The number of aryl methyl sites for hydroxylation is 1. The van der Waals surface area contributed by atoms with E-state index in [-0.39, 0.29) is 30.5 Å². The lowest BCUT2D eigenvalue weighted by Crippen LogP contribution is -2.59. The number of urea groups is 1. The number of H-pyrrole nitrogens is 1. The standard InChI is InChI=1S/C32H49N5O5/c1-7-8-15-26(31(40)41)34-30(39)28(18-24-22(6)33-25-16-10-9-14-23(24)25)35-29(38)27(17-19(2)3)36-32(42)37-20(4)12-11-13-21(37)5/h9-10,14,16,19-21,26-28,33H,7-8,11-13,15,17-18H2,1-6H3,(H,34,39)(H,35,38)(H,36,42)(H,40,41)/t20-,21+,26?,27?,28-/m1/s1. The van der Waals surface area contributed by atoms with Crippen molar-refractivity contribution in [1.29, 1.82) is 0 Å². The van der Waals surface area contributed by atoms with Crippen LogP contribution >= 0.6 is 0 Å². The summed E-state index contributed by atoms with van der Waals surface area (Å²) in [6.45, 7) is 11.9. The van der Waals surface area contributed by atoms with E-state index in [1.165, 1.54) is 0 Å². The van der Waals surface area contributed by atoms with Gasteiger partial charge in [0.1, 0.15) is 18.1 Å². The summed E-state index contributed by atoms with van der Waals surface area (Å²) in [6.07, 6.45) is 5.16. The second kappa shape index (κ2) is 15.1.